The fourth-order valence-corrected chi connectivity index (χ4v) is 2.36. The van der Waals surface area contributed by atoms with E-state index in [4.69, 9.17) is 5.73 Å². The van der Waals surface area contributed by atoms with Crippen LogP contribution in [0.5, 0.6) is 0 Å². The van der Waals surface area contributed by atoms with Gasteiger partial charge in [-0.3, -0.25) is 9.25 Å². The number of hydrogen-bond acceptors (Lipinski definition) is 3. The first-order chi connectivity index (χ1) is 8.69. The van der Waals surface area contributed by atoms with Crippen LogP contribution in [0.25, 0.3) is 5.82 Å². The lowest BCUT2D eigenvalue weighted by Gasteiger charge is -2.10. The average molecular weight is 247 g/mol. The number of aryl methyl sites for hydroxylation is 3. The van der Waals surface area contributed by atoms with Crippen molar-refractivity contribution in [2.24, 2.45) is 12.8 Å². The van der Waals surface area contributed by atoms with Gasteiger partial charge in [-0.25, -0.2) is 4.98 Å². The van der Waals surface area contributed by atoms with Crippen molar-refractivity contribution in [3.63, 3.8) is 0 Å². The summed E-state index contributed by atoms with van der Waals surface area (Å²) in [7, 11) is 1.97. The largest absolute Gasteiger partial charge is 0.330 e. The van der Waals surface area contributed by atoms with Crippen LogP contribution in [0, 0.1) is 6.92 Å². The third kappa shape index (κ3) is 2.18. The van der Waals surface area contributed by atoms with Crippen molar-refractivity contribution < 1.29 is 0 Å². The molecule has 0 saturated carbocycles. The summed E-state index contributed by atoms with van der Waals surface area (Å²) in [5.74, 6) is 2.18. The van der Waals surface area contributed by atoms with E-state index < -0.39 is 0 Å². The molecular formula is C13H21N5. The van der Waals surface area contributed by atoms with Crippen molar-refractivity contribution in [2.75, 3.05) is 6.54 Å². The van der Waals surface area contributed by atoms with E-state index in [2.05, 4.69) is 21.6 Å². The first kappa shape index (κ1) is 12.8. The topological polar surface area (TPSA) is 61.7 Å². The molecule has 0 bridgehead atoms. The zero-order valence-electron chi connectivity index (χ0n) is 11.3. The van der Waals surface area contributed by atoms with Crippen molar-refractivity contribution in [3.05, 3.63) is 29.5 Å². The maximum absolute atomic E-state index is 5.70. The third-order valence-corrected chi connectivity index (χ3v) is 3.13. The van der Waals surface area contributed by atoms with Crippen LogP contribution in [0.1, 0.15) is 30.4 Å². The fraction of sp³-hybridized carbons (Fsp3) is 0.538. The van der Waals surface area contributed by atoms with Gasteiger partial charge < -0.3 is 5.73 Å². The number of nitrogens with two attached hydrogens (primary N) is 1. The number of aromatic nitrogens is 4. The minimum Gasteiger partial charge on any atom is -0.330 e. The van der Waals surface area contributed by atoms with Crippen LogP contribution in [0.2, 0.25) is 0 Å². The maximum atomic E-state index is 5.70. The summed E-state index contributed by atoms with van der Waals surface area (Å²) in [6.45, 7) is 4.83. The molecule has 5 nitrogen and oxygen atoms in total. The molecule has 0 aliphatic rings. The van der Waals surface area contributed by atoms with Crippen molar-refractivity contribution in [3.8, 4) is 5.82 Å². The molecule has 0 radical (unpaired) electrons. The van der Waals surface area contributed by atoms with E-state index in [1.54, 1.807) is 0 Å². The van der Waals surface area contributed by atoms with Gasteiger partial charge in [0.2, 0.25) is 0 Å². The zero-order chi connectivity index (χ0) is 13.1. The summed E-state index contributed by atoms with van der Waals surface area (Å²) in [5, 5.41) is 4.50. The Labute approximate surface area is 108 Å². The monoisotopic (exact) mass is 247 g/mol. The standard InChI is InChI=1S/C13H21N5/c1-4-5-12-15-8-9-18(12)13-11(6-7-14)10(2)16-17(13)3/h8-9H,4-7,14H2,1-3H3. The highest BCUT2D eigenvalue weighted by Gasteiger charge is 2.16. The SMILES string of the molecule is CCCc1nccn1-c1c(CCN)c(C)nn1C. The Balaban J connectivity index is 2.52. The van der Waals surface area contributed by atoms with E-state index >= 15 is 0 Å². The molecule has 2 aromatic rings. The highest BCUT2D eigenvalue weighted by molar-refractivity contribution is 5.39. The predicted molar refractivity (Wildman–Crippen MR) is 71.8 cm³/mol. The molecule has 0 saturated heterocycles. The smallest absolute Gasteiger partial charge is 0.139 e. The van der Waals surface area contributed by atoms with Gasteiger partial charge in [-0.1, -0.05) is 6.92 Å². The molecule has 2 N–H and O–H groups in total. The summed E-state index contributed by atoms with van der Waals surface area (Å²) in [6, 6.07) is 0. The summed E-state index contributed by atoms with van der Waals surface area (Å²) < 4.78 is 4.05. The zero-order valence-corrected chi connectivity index (χ0v) is 11.3. The molecule has 2 aromatic heterocycles. The average Bonchev–Trinajstić information content (AvgIpc) is 2.86. The number of nitrogens with zero attached hydrogens (tertiary/aromatic N) is 4. The van der Waals surface area contributed by atoms with Gasteiger partial charge in [-0.2, -0.15) is 5.10 Å². The second kappa shape index (κ2) is 5.35. The summed E-state index contributed by atoms with van der Waals surface area (Å²) >= 11 is 0. The Kier molecular flexibility index (Phi) is 3.81. The van der Waals surface area contributed by atoms with Crippen molar-refractivity contribution in [2.45, 2.75) is 33.1 Å². The minimum atomic E-state index is 0.636. The molecule has 5 heteroatoms. The lowest BCUT2D eigenvalue weighted by Crippen LogP contribution is -2.11. The maximum Gasteiger partial charge on any atom is 0.139 e. The molecule has 2 rings (SSSR count). The Hall–Kier alpha value is -1.62. The van der Waals surface area contributed by atoms with E-state index in [1.807, 2.05) is 31.0 Å². The van der Waals surface area contributed by atoms with Gasteiger partial charge in [0, 0.05) is 31.4 Å². The first-order valence-electron chi connectivity index (χ1n) is 6.44. The predicted octanol–water partition coefficient (Wildman–Crippen LogP) is 1.37. The van der Waals surface area contributed by atoms with Crippen LogP contribution >= 0.6 is 0 Å². The Morgan fingerprint density at radius 1 is 1.33 bits per heavy atom. The van der Waals surface area contributed by atoms with Crippen LogP contribution in [0.15, 0.2) is 12.4 Å². The van der Waals surface area contributed by atoms with Gasteiger partial charge in [-0.15, -0.1) is 0 Å². The molecule has 2 heterocycles. The van der Waals surface area contributed by atoms with Crippen molar-refractivity contribution in [1.29, 1.82) is 0 Å². The molecule has 0 aliphatic heterocycles. The van der Waals surface area contributed by atoms with Gasteiger partial charge in [-0.05, 0) is 26.3 Å². The van der Waals surface area contributed by atoms with Crippen LogP contribution < -0.4 is 5.73 Å². The van der Waals surface area contributed by atoms with Crippen LogP contribution in [-0.2, 0) is 19.9 Å². The van der Waals surface area contributed by atoms with Gasteiger partial charge in [0.1, 0.15) is 11.6 Å². The van der Waals surface area contributed by atoms with Gasteiger partial charge >= 0.3 is 0 Å². The molecule has 0 aromatic carbocycles. The Morgan fingerprint density at radius 3 is 2.78 bits per heavy atom. The second-order valence-electron chi connectivity index (χ2n) is 4.51. The molecule has 0 unspecified atom stereocenters. The van der Waals surface area contributed by atoms with E-state index in [-0.39, 0.29) is 0 Å². The van der Waals surface area contributed by atoms with Crippen molar-refractivity contribution in [1.82, 2.24) is 19.3 Å². The first-order valence-corrected chi connectivity index (χ1v) is 6.44. The lowest BCUT2D eigenvalue weighted by molar-refractivity contribution is 0.698. The highest BCUT2D eigenvalue weighted by Crippen LogP contribution is 2.20. The van der Waals surface area contributed by atoms with Gasteiger partial charge in [0.25, 0.3) is 0 Å². The summed E-state index contributed by atoms with van der Waals surface area (Å²) in [5.41, 5.74) is 7.96. The molecular weight excluding hydrogens is 226 g/mol. The molecule has 0 fully saturated rings. The van der Waals surface area contributed by atoms with E-state index in [0.29, 0.717) is 6.54 Å². The van der Waals surface area contributed by atoms with Crippen LogP contribution in [0.4, 0.5) is 0 Å². The second-order valence-corrected chi connectivity index (χ2v) is 4.51. The summed E-state index contributed by atoms with van der Waals surface area (Å²) in [4.78, 5) is 4.42. The fourth-order valence-electron chi connectivity index (χ4n) is 2.36. The quantitative estimate of drug-likeness (QED) is 0.868. The molecule has 0 amide bonds. The van der Waals surface area contributed by atoms with Crippen LogP contribution in [0.3, 0.4) is 0 Å². The normalized spacial score (nSPS) is 11.1. The van der Waals surface area contributed by atoms with E-state index in [0.717, 1.165) is 36.6 Å². The van der Waals surface area contributed by atoms with Gasteiger partial charge in [0.15, 0.2) is 0 Å². The van der Waals surface area contributed by atoms with E-state index in [1.165, 1.54) is 5.56 Å². The lowest BCUT2D eigenvalue weighted by atomic mass is 10.1. The summed E-state index contributed by atoms with van der Waals surface area (Å²) in [6.07, 6.45) is 6.75. The number of hydrogen-bond donors (Lipinski definition) is 1. The Bertz CT molecular complexity index is 523. The molecule has 18 heavy (non-hydrogen) atoms. The van der Waals surface area contributed by atoms with Gasteiger partial charge in [0.05, 0.1) is 5.69 Å². The number of rotatable bonds is 5. The molecule has 0 aliphatic carbocycles. The van der Waals surface area contributed by atoms with Crippen molar-refractivity contribution >= 4 is 0 Å². The molecule has 98 valence electrons. The Morgan fingerprint density at radius 2 is 2.11 bits per heavy atom. The minimum absolute atomic E-state index is 0.636. The number of imidazole rings is 1. The molecule has 0 atom stereocenters. The third-order valence-electron chi connectivity index (χ3n) is 3.13. The van der Waals surface area contributed by atoms with Crippen LogP contribution in [-0.4, -0.2) is 25.9 Å². The highest BCUT2D eigenvalue weighted by atomic mass is 15.3. The molecule has 0 spiro atoms. The van der Waals surface area contributed by atoms with E-state index in [9.17, 15) is 0 Å².